The number of rotatable bonds is 4. The highest BCUT2D eigenvalue weighted by molar-refractivity contribution is 9.10. The normalized spacial score (nSPS) is 10.4. The topological polar surface area (TPSA) is 35.5 Å². The van der Waals surface area contributed by atoms with Gasteiger partial charge in [0.05, 0.1) is 19.8 Å². The van der Waals surface area contributed by atoms with Gasteiger partial charge in [-0.2, -0.15) is 0 Å². The van der Waals surface area contributed by atoms with Gasteiger partial charge in [0.1, 0.15) is 11.5 Å². The first-order valence-corrected chi connectivity index (χ1v) is 5.75. The quantitative estimate of drug-likeness (QED) is 0.796. The van der Waals surface area contributed by atoms with Crippen LogP contribution in [0.15, 0.2) is 10.5 Å². The number of hydrogen-bond donors (Lipinski definition) is 0. The fraction of sp³-hybridized carbons (Fsp3) is 0.417. The molecular weight excluding hydrogens is 272 g/mol. The Labute approximate surface area is 104 Å². The van der Waals surface area contributed by atoms with Crippen molar-refractivity contribution in [2.45, 2.75) is 19.8 Å². The van der Waals surface area contributed by atoms with Crippen LogP contribution in [0.4, 0.5) is 0 Å². The summed E-state index contributed by atoms with van der Waals surface area (Å²) in [6.45, 7) is 4.06. The van der Waals surface area contributed by atoms with E-state index >= 15 is 0 Å². The number of methoxy groups -OCH3 is 2. The first-order valence-electron chi connectivity index (χ1n) is 4.96. The second-order valence-electron chi connectivity index (χ2n) is 3.69. The first-order chi connectivity index (χ1) is 7.56. The Bertz CT molecular complexity index is 400. The summed E-state index contributed by atoms with van der Waals surface area (Å²) in [5.74, 6) is 1.53. The molecule has 0 unspecified atom stereocenters. The van der Waals surface area contributed by atoms with Crippen LogP contribution in [0.2, 0.25) is 0 Å². The van der Waals surface area contributed by atoms with E-state index in [1.54, 1.807) is 20.3 Å². The van der Waals surface area contributed by atoms with Gasteiger partial charge in [0, 0.05) is 10.0 Å². The second-order valence-corrected chi connectivity index (χ2v) is 4.55. The number of carbonyl (C=O) groups excluding carboxylic acids is 1. The number of halogens is 1. The first kappa shape index (κ1) is 13.0. The number of ether oxygens (including phenoxy) is 2. The van der Waals surface area contributed by atoms with Crippen LogP contribution in [0.3, 0.4) is 0 Å². The fourth-order valence-electron chi connectivity index (χ4n) is 1.68. The maximum Gasteiger partial charge on any atom is 0.154 e. The van der Waals surface area contributed by atoms with Gasteiger partial charge in [-0.1, -0.05) is 13.8 Å². The largest absolute Gasteiger partial charge is 0.496 e. The molecule has 1 rings (SSSR count). The number of hydrogen-bond acceptors (Lipinski definition) is 3. The highest BCUT2D eigenvalue weighted by Gasteiger charge is 2.20. The van der Waals surface area contributed by atoms with Crippen LogP contribution in [0.25, 0.3) is 0 Å². The number of benzene rings is 1. The van der Waals surface area contributed by atoms with Crippen molar-refractivity contribution in [1.82, 2.24) is 0 Å². The SMILES string of the molecule is COc1cc(Br)c(C=O)c(OC)c1C(C)C. The maximum absolute atomic E-state index is 11.0. The number of aldehydes is 1. The zero-order valence-corrected chi connectivity index (χ0v) is 11.4. The Hall–Kier alpha value is -1.03. The van der Waals surface area contributed by atoms with Gasteiger partial charge in [-0.05, 0) is 27.9 Å². The fourth-order valence-corrected chi connectivity index (χ4v) is 2.16. The molecule has 0 atom stereocenters. The average Bonchev–Trinajstić information content (AvgIpc) is 2.26. The molecular formula is C12H15BrO3. The van der Waals surface area contributed by atoms with Gasteiger partial charge < -0.3 is 9.47 Å². The smallest absolute Gasteiger partial charge is 0.154 e. The molecule has 0 aromatic heterocycles. The predicted octanol–water partition coefficient (Wildman–Crippen LogP) is 3.40. The Morgan fingerprint density at radius 2 is 1.94 bits per heavy atom. The third-order valence-corrected chi connectivity index (χ3v) is 3.05. The molecule has 16 heavy (non-hydrogen) atoms. The molecule has 0 heterocycles. The Kier molecular flexibility index (Phi) is 4.35. The van der Waals surface area contributed by atoms with Crippen molar-refractivity contribution in [3.05, 3.63) is 21.7 Å². The van der Waals surface area contributed by atoms with Crippen LogP contribution in [0, 0.1) is 0 Å². The van der Waals surface area contributed by atoms with E-state index in [1.165, 1.54) is 0 Å². The van der Waals surface area contributed by atoms with Gasteiger partial charge >= 0.3 is 0 Å². The Morgan fingerprint density at radius 3 is 2.31 bits per heavy atom. The summed E-state index contributed by atoms with van der Waals surface area (Å²) in [6.07, 6.45) is 0.786. The average molecular weight is 287 g/mol. The van der Waals surface area contributed by atoms with Crippen molar-refractivity contribution in [2.75, 3.05) is 14.2 Å². The van der Waals surface area contributed by atoms with E-state index in [0.29, 0.717) is 15.8 Å². The van der Waals surface area contributed by atoms with Gasteiger partial charge in [-0.3, -0.25) is 4.79 Å². The maximum atomic E-state index is 11.0. The molecule has 0 aliphatic heterocycles. The van der Waals surface area contributed by atoms with Crippen LogP contribution in [0.5, 0.6) is 11.5 Å². The van der Waals surface area contributed by atoms with Gasteiger partial charge in [-0.25, -0.2) is 0 Å². The summed E-state index contributed by atoms with van der Waals surface area (Å²) in [4.78, 5) is 11.0. The van der Waals surface area contributed by atoms with Crippen LogP contribution in [-0.2, 0) is 0 Å². The molecule has 1 aromatic carbocycles. The molecule has 3 nitrogen and oxygen atoms in total. The standard InChI is InChI=1S/C12H15BrO3/c1-7(2)11-10(15-3)5-9(13)8(6-14)12(11)16-4/h5-7H,1-4H3. The van der Waals surface area contributed by atoms with Crippen molar-refractivity contribution in [3.63, 3.8) is 0 Å². The van der Waals surface area contributed by atoms with Crippen LogP contribution >= 0.6 is 15.9 Å². The highest BCUT2D eigenvalue weighted by Crippen LogP contribution is 2.40. The minimum Gasteiger partial charge on any atom is -0.496 e. The lowest BCUT2D eigenvalue weighted by molar-refractivity contribution is 0.111. The molecule has 0 saturated heterocycles. The zero-order valence-electron chi connectivity index (χ0n) is 9.83. The summed E-state index contributed by atoms with van der Waals surface area (Å²) in [5, 5.41) is 0. The molecule has 0 aliphatic carbocycles. The third kappa shape index (κ3) is 2.21. The van der Waals surface area contributed by atoms with Crippen molar-refractivity contribution in [3.8, 4) is 11.5 Å². The summed E-state index contributed by atoms with van der Waals surface area (Å²) in [6, 6.07) is 1.79. The third-order valence-electron chi connectivity index (χ3n) is 2.39. The predicted molar refractivity (Wildman–Crippen MR) is 66.7 cm³/mol. The number of carbonyl (C=O) groups is 1. The zero-order chi connectivity index (χ0) is 12.3. The lowest BCUT2D eigenvalue weighted by atomic mass is 9.98. The van der Waals surface area contributed by atoms with Gasteiger partial charge in [0.25, 0.3) is 0 Å². The minimum absolute atomic E-state index is 0.219. The molecule has 4 heteroatoms. The lowest BCUT2D eigenvalue weighted by Gasteiger charge is -2.18. The Morgan fingerprint density at radius 1 is 1.31 bits per heavy atom. The second kappa shape index (κ2) is 5.34. The van der Waals surface area contributed by atoms with E-state index in [-0.39, 0.29) is 5.92 Å². The monoisotopic (exact) mass is 286 g/mol. The van der Waals surface area contributed by atoms with Crippen molar-refractivity contribution >= 4 is 22.2 Å². The Balaban J connectivity index is 3.59. The summed E-state index contributed by atoms with van der Waals surface area (Å²) < 4.78 is 11.3. The molecule has 0 bridgehead atoms. The summed E-state index contributed by atoms with van der Waals surface area (Å²) >= 11 is 3.33. The molecule has 1 aromatic rings. The molecule has 0 N–H and O–H groups in total. The van der Waals surface area contributed by atoms with Gasteiger partial charge in [-0.15, -0.1) is 0 Å². The molecule has 0 spiro atoms. The molecule has 0 saturated carbocycles. The molecule has 0 radical (unpaired) electrons. The molecule has 0 aliphatic rings. The highest BCUT2D eigenvalue weighted by atomic mass is 79.9. The molecule has 88 valence electrons. The van der Waals surface area contributed by atoms with Crippen molar-refractivity contribution < 1.29 is 14.3 Å². The van der Waals surface area contributed by atoms with E-state index in [2.05, 4.69) is 15.9 Å². The van der Waals surface area contributed by atoms with Gasteiger partial charge in [0.2, 0.25) is 0 Å². The van der Waals surface area contributed by atoms with Crippen LogP contribution in [0.1, 0.15) is 35.7 Å². The van der Waals surface area contributed by atoms with E-state index in [4.69, 9.17) is 9.47 Å². The lowest BCUT2D eigenvalue weighted by Crippen LogP contribution is -2.02. The molecule has 0 amide bonds. The summed E-state index contributed by atoms with van der Waals surface area (Å²) in [5.41, 5.74) is 1.43. The van der Waals surface area contributed by atoms with E-state index in [0.717, 1.165) is 17.6 Å². The van der Waals surface area contributed by atoms with E-state index in [9.17, 15) is 4.79 Å². The van der Waals surface area contributed by atoms with E-state index in [1.807, 2.05) is 13.8 Å². The van der Waals surface area contributed by atoms with Gasteiger partial charge in [0.15, 0.2) is 6.29 Å². The van der Waals surface area contributed by atoms with Crippen LogP contribution in [-0.4, -0.2) is 20.5 Å². The van der Waals surface area contributed by atoms with Crippen LogP contribution < -0.4 is 9.47 Å². The van der Waals surface area contributed by atoms with Crippen molar-refractivity contribution in [1.29, 1.82) is 0 Å². The summed E-state index contributed by atoms with van der Waals surface area (Å²) in [7, 11) is 3.16. The minimum atomic E-state index is 0.219. The van der Waals surface area contributed by atoms with E-state index < -0.39 is 0 Å². The van der Waals surface area contributed by atoms with Crippen molar-refractivity contribution in [2.24, 2.45) is 0 Å². The molecule has 0 fully saturated rings.